The van der Waals surface area contributed by atoms with Crippen LogP contribution < -0.4 is 5.32 Å². The SMILES string of the molecule is CC.CC(C)(C)OC(=O)N1CCC(NCc2ccc([N+](=O)[O-])cc2)CC1. The van der Waals surface area contributed by atoms with Crippen molar-refractivity contribution < 1.29 is 14.5 Å². The van der Waals surface area contributed by atoms with Crippen LogP contribution in [0, 0.1) is 10.1 Å². The van der Waals surface area contributed by atoms with E-state index in [4.69, 9.17) is 4.74 Å². The Morgan fingerprint density at radius 2 is 1.77 bits per heavy atom. The van der Waals surface area contributed by atoms with Crippen LogP contribution in [0.25, 0.3) is 0 Å². The number of nitro benzene ring substituents is 1. The second kappa shape index (κ2) is 10.1. The van der Waals surface area contributed by atoms with Crippen LogP contribution in [0.4, 0.5) is 10.5 Å². The molecule has 1 fully saturated rings. The van der Waals surface area contributed by atoms with Crippen molar-refractivity contribution in [2.45, 2.75) is 65.6 Å². The molecule has 1 saturated heterocycles. The second-order valence-electron chi connectivity index (χ2n) is 7.05. The van der Waals surface area contributed by atoms with E-state index in [1.165, 1.54) is 12.1 Å². The van der Waals surface area contributed by atoms with Gasteiger partial charge >= 0.3 is 6.09 Å². The number of carbonyl (C=O) groups excluding carboxylic acids is 1. The molecule has 1 aliphatic heterocycles. The number of hydrogen-bond donors (Lipinski definition) is 1. The highest BCUT2D eigenvalue weighted by molar-refractivity contribution is 5.68. The topological polar surface area (TPSA) is 84.7 Å². The van der Waals surface area contributed by atoms with Gasteiger partial charge in [0.2, 0.25) is 0 Å². The Balaban J connectivity index is 0.00000163. The Labute approximate surface area is 155 Å². The molecule has 0 aliphatic carbocycles. The fourth-order valence-corrected chi connectivity index (χ4v) is 2.59. The Kier molecular flexibility index (Phi) is 8.51. The molecular formula is C19H31N3O4. The van der Waals surface area contributed by atoms with Gasteiger partial charge in [0.15, 0.2) is 0 Å². The first-order valence-corrected chi connectivity index (χ1v) is 9.19. The molecule has 1 aliphatic rings. The number of carbonyl (C=O) groups is 1. The molecule has 0 aromatic heterocycles. The van der Waals surface area contributed by atoms with Gasteiger partial charge in [-0.2, -0.15) is 0 Å². The number of amides is 1. The van der Waals surface area contributed by atoms with Gasteiger partial charge in [-0.05, 0) is 39.2 Å². The minimum Gasteiger partial charge on any atom is -0.444 e. The molecule has 0 spiro atoms. The van der Waals surface area contributed by atoms with Crippen LogP contribution in [0.15, 0.2) is 24.3 Å². The first-order chi connectivity index (χ1) is 12.2. The summed E-state index contributed by atoms with van der Waals surface area (Å²) >= 11 is 0. The number of nitro groups is 1. The number of rotatable bonds is 4. The van der Waals surface area contributed by atoms with Crippen LogP contribution >= 0.6 is 0 Å². The Hall–Kier alpha value is -2.15. The van der Waals surface area contributed by atoms with Gasteiger partial charge in [-0.1, -0.05) is 26.0 Å². The number of benzene rings is 1. The Morgan fingerprint density at radius 1 is 1.23 bits per heavy atom. The van der Waals surface area contributed by atoms with E-state index in [1.807, 2.05) is 34.6 Å². The van der Waals surface area contributed by atoms with Gasteiger partial charge in [0.05, 0.1) is 4.92 Å². The number of ether oxygens (including phenoxy) is 1. The van der Waals surface area contributed by atoms with Gasteiger partial charge in [-0.3, -0.25) is 10.1 Å². The highest BCUT2D eigenvalue weighted by Gasteiger charge is 2.26. The summed E-state index contributed by atoms with van der Waals surface area (Å²) in [6.07, 6.45) is 1.48. The summed E-state index contributed by atoms with van der Waals surface area (Å²) in [5.41, 5.74) is 0.641. The van der Waals surface area contributed by atoms with E-state index in [0.717, 1.165) is 18.4 Å². The molecular weight excluding hydrogens is 334 g/mol. The number of likely N-dealkylation sites (tertiary alicyclic amines) is 1. The number of hydrogen-bond acceptors (Lipinski definition) is 5. The summed E-state index contributed by atoms with van der Waals surface area (Å²) in [5, 5.41) is 14.1. The largest absolute Gasteiger partial charge is 0.444 e. The lowest BCUT2D eigenvalue weighted by atomic mass is 10.0. The van der Waals surface area contributed by atoms with Crippen LogP contribution in [0.3, 0.4) is 0 Å². The highest BCUT2D eigenvalue weighted by Crippen LogP contribution is 2.16. The van der Waals surface area contributed by atoms with E-state index < -0.39 is 10.5 Å². The molecule has 1 heterocycles. The van der Waals surface area contributed by atoms with Crippen molar-refractivity contribution in [3.63, 3.8) is 0 Å². The molecule has 1 aromatic carbocycles. The van der Waals surface area contributed by atoms with E-state index in [9.17, 15) is 14.9 Å². The monoisotopic (exact) mass is 365 g/mol. The van der Waals surface area contributed by atoms with Crippen molar-refractivity contribution in [2.24, 2.45) is 0 Å². The molecule has 146 valence electrons. The van der Waals surface area contributed by atoms with Crippen molar-refractivity contribution in [2.75, 3.05) is 13.1 Å². The average Bonchev–Trinajstić information content (AvgIpc) is 2.61. The number of piperidine rings is 1. The molecule has 0 bridgehead atoms. The van der Waals surface area contributed by atoms with Gasteiger partial charge < -0.3 is 15.0 Å². The summed E-state index contributed by atoms with van der Waals surface area (Å²) < 4.78 is 5.38. The number of nitrogens with one attached hydrogen (secondary N) is 1. The highest BCUT2D eigenvalue weighted by atomic mass is 16.6. The Morgan fingerprint density at radius 3 is 2.23 bits per heavy atom. The van der Waals surface area contributed by atoms with Crippen LogP contribution in [-0.4, -0.2) is 40.6 Å². The zero-order valence-corrected chi connectivity index (χ0v) is 16.4. The molecule has 7 heteroatoms. The van der Waals surface area contributed by atoms with Crippen molar-refractivity contribution in [1.82, 2.24) is 10.2 Å². The number of non-ortho nitro benzene ring substituents is 1. The maximum absolute atomic E-state index is 12.0. The van der Waals surface area contributed by atoms with E-state index >= 15 is 0 Å². The lowest BCUT2D eigenvalue weighted by molar-refractivity contribution is -0.384. The summed E-state index contributed by atoms with van der Waals surface area (Å²) in [5.74, 6) is 0. The molecule has 1 amide bonds. The maximum Gasteiger partial charge on any atom is 0.410 e. The summed E-state index contributed by atoms with van der Waals surface area (Å²) in [6, 6.07) is 6.89. The lowest BCUT2D eigenvalue weighted by Gasteiger charge is -2.33. The van der Waals surface area contributed by atoms with Crippen LogP contribution in [0.5, 0.6) is 0 Å². The molecule has 2 rings (SSSR count). The summed E-state index contributed by atoms with van der Waals surface area (Å²) in [7, 11) is 0. The molecule has 26 heavy (non-hydrogen) atoms. The molecule has 1 N–H and O–H groups in total. The molecule has 0 saturated carbocycles. The number of nitrogens with zero attached hydrogens (tertiary/aromatic N) is 2. The van der Waals surface area contributed by atoms with E-state index in [1.54, 1.807) is 17.0 Å². The van der Waals surface area contributed by atoms with Crippen LogP contribution in [0.2, 0.25) is 0 Å². The third kappa shape index (κ3) is 7.39. The summed E-state index contributed by atoms with van der Waals surface area (Å²) in [4.78, 5) is 24.0. The Bertz CT molecular complexity index is 573. The average molecular weight is 365 g/mol. The molecule has 7 nitrogen and oxygen atoms in total. The molecule has 0 atom stereocenters. The van der Waals surface area contributed by atoms with Crippen molar-refractivity contribution in [1.29, 1.82) is 0 Å². The minimum absolute atomic E-state index is 0.101. The fourth-order valence-electron chi connectivity index (χ4n) is 2.59. The quantitative estimate of drug-likeness (QED) is 0.641. The van der Waals surface area contributed by atoms with Crippen molar-refractivity contribution in [3.8, 4) is 0 Å². The maximum atomic E-state index is 12.0. The van der Waals surface area contributed by atoms with E-state index in [-0.39, 0.29) is 11.8 Å². The summed E-state index contributed by atoms with van der Waals surface area (Å²) in [6.45, 7) is 11.6. The first-order valence-electron chi connectivity index (χ1n) is 9.19. The van der Waals surface area contributed by atoms with Gasteiger partial charge in [-0.15, -0.1) is 0 Å². The third-order valence-corrected chi connectivity index (χ3v) is 3.89. The fraction of sp³-hybridized carbons (Fsp3) is 0.632. The van der Waals surface area contributed by atoms with Crippen molar-refractivity contribution >= 4 is 11.8 Å². The van der Waals surface area contributed by atoms with E-state index in [2.05, 4.69) is 5.32 Å². The van der Waals surface area contributed by atoms with Gasteiger partial charge in [0, 0.05) is 37.8 Å². The normalized spacial score (nSPS) is 15.0. The molecule has 0 radical (unpaired) electrons. The lowest BCUT2D eigenvalue weighted by Crippen LogP contribution is -2.46. The first kappa shape index (κ1) is 21.9. The minimum atomic E-state index is -0.470. The smallest absolute Gasteiger partial charge is 0.410 e. The third-order valence-electron chi connectivity index (χ3n) is 3.89. The van der Waals surface area contributed by atoms with Crippen molar-refractivity contribution in [3.05, 3.63) is 39.9 Å². The predicted octanol–water partition coefficient (Wildman–Crippen LogP) is 4.11. The second-order valence-corrected chi connectivity index (χ2v) is 7.05. The van der Waals surface area contributed by atoms with Crippen LogP contribution in [-0.2, 0) is 11.3 Å². The van der Waals surface area contributed by atoms with Gasteiger partial charge in [0.1, 0.15) is 5.60 Å². The van der Waals surface area contributed by atoms with Gasteiger partial charge in [-0.25, -0.2) is 4.79 Å². The zero-order valence-electron chi connectivity index (χ0n) is 16.4. The predicted molar refractivity (Wildman–Crippen MR) is 102 cm³/mol. The van der Waals surface area contributed by atoms with Crippen LogP contribution in [0.1, 0.15) is 53.0 Å². The standard InChI is InChI=1S/C17H25N3O4.C2H6/c1-17(2,3)24-16(21)19-10-8-14(9-11-19)18-12-13-4-6-15(7-5-13)20(22)23;1-2/h4-7,14,18H,8-12H2,1-3H3;1-2H3. The molecule has 0 unspecified atom stereocenters. The van der Waals surface area contributed by atoms with Gasteiger partial charge in [0.25, 0.3) is 5.69 Å². The van der Waals surface area contributed by atoms with E-state index in [0.29, 0.717) is 25.7 Å². The molecule has 1 aromatic rings. The zero-order chi connectivity index (χ0) is 19.7.